The monoisotopic (exact) mass is 257 g/mol. The Morgan fingerprint density at radius 3 is 2.86 bits per heavy atom. The van der Waals surface area contributed by atoms with Crippen LogP contribution in [-0.2, 0) is 0 Å². The van der Waals surface area contributed by atoms with E-state index in [9.17, 15) is 0 Å². The molecule has 1 atom stereocenters. The van der Waals surface area contributed by atoms with Crippen molar-refractivity contribution in [1.29, 1.82) is 0 Å². The fourth-order valence-electron chi connectivity index (χ4n) is 1.08. The minimum absolute atomic E-state index is 0.444. The van der Waals surface area contributed by atoms with E-state index in [0.29, 0.717) is 6.04 Å². The summed E-state index contributed by atoms with van der Waals surface area (Å²) in [6.45, 7) is 5.05. The van der Waals surface area contributed by atoms with Gasteiger partial charge in [-0.25, -0.2) is 4.98 Å². The zero-order valence-electron chi connectivity index (χ0n) is 8.76. The lowest BCUT2D eigenvalue weighted by atomic mass is 10.3. The summed E-state index contributed by atoms with van der Waals surface area (Å²) in [6.07, 6.45) is 1.80. The Kier molecular flexibility index (Phi) is 4.35. The fraction of sp³-hybridized carbons (Fsp3) is 0.500. The number of pyridine rings is 1. The van der Waals surface area contributed by atoms with Crippen LogP contribution in [0, 0.1) is 6.92 Å². The molecule has 1 heterocycles. The van der Waals surface area contributed by atoms with Crippen molar-refractivity contribution < 1.29 is 0 Å². The van der Waals surface area contributed by atoms with Crippen LogP contribution in [-0.4, -0.2) is 24.6 Å². The van der Waals surface area contributed by atoms with Gasteiger partial charge < -0.3 is 10.6 Å². The molecule has 0 saturated heterocycles. The smallest absolute Gasteiger partial charge is 0.128 e. The van der Waals surface area contributed by atoms with Crippen LogP contribution in [0.2, 0.25) is 0 Å². The minimum atomic E-state index is 0.444. The molecule has 2 N–H and O–H groups in total. The van der Waals surface area contributed by atoms with Gasteiger partial charge in [0.05, 0.1) is 0 Å². The van der Waals surface area contributed by atoms with Gasteiger partial charge in [-0.2, -0.15) is 0 Å². The number of nitrogens with one attached hydrogen (secondary N) is 2. The standard InChI is InChI=1S/C10H16BrN3/c1-7-4-9(11)6-14-10(7)13-5-8(2)12-3/h4,6,8,12H,5H2,1-3H3,(H,13,14). The van der Waals surface area contributed by atoms with Crippen LogP contribution in [0.5, 0.6) is 0 Å². The molecule has 1 aromatic heterocycles. The Bertz CT molecular complexity index is 301. The van der Waals surface area contributed by atoms with E-state index < -0.39 is 0 Å². The minimum Gasteiger partial charge on any atom is -0.368 e. The van der Waals surface area contributed by atoms with E-state index in [1.165, 1.54) is 0 Å². The maximum Gasteiger partial charge on any atom is 0.128 e. The second kappa shape index (κ2) is 5.32. The van der Waals surface area contributed by atoms with Gasteiger partial charge in [0.2, 0.25) is 0 Å². The maximum atomic E-state index is 4.30. The molecule has 0 radical (unpaired) electrons. The van der Waals surface area contributed by atoms with Gasteiger partial charge in [-0.05, 0) is 48.5 Å². The van der Waals surface area contributed by atoms with Gasteiger partial charge in [0.15, 0.2) is 0 Å². The van der Waals surface area contributed by atoms with Gasteiger partial charge in [-0.1, -0.05) is 0 Å². The van der Waals surface area contributed by atoms with E-state index in [-0.39, 0.29) is 0 Å². The maximum absolute atomic E-state index is 4.30. The van der Waals surface area contributed by atoms with E-state index >= 15 is 0 Å². The molecule has 0 aromatic carbocycles. The van der Waals surface area contributed by atoms with Gasteiger partial charge in [-0.3, -0.25) is 0 Å². The zero-order valence-corrected chi connectivity index (χ0v) is 10.4. The fourth-order valence-corrected chi connectivity index (χ4v) is 1.52. The molecular formula is C10H16BrN3. The van der Waals surface area contributed by atoms with E-state index in [0.717, 1.165) is 22.4 Å². The normalized spacial score (nSPS) is 12.6. The van der Waals surface area contributed by atoms with E-state index in [4.69, 9.17) is 0 Å². The van der Waals surface area contributed by atoms with E-state index in [2.05, 4.69) is 44.5 Å². The van der Waals surface area contributed by atoms with Gasteiger partial charge in [0, 0.05) is 23.3 Å². The first kappa shape index (κ1) is 11.5. The number of likely N-dealkylation sites (N-methyl/N-ethyl adjacent to an activating group) is 1. The quantitative estimate of drug-likeness (QED) is 0.869. The van der Waals surface area contributed by atoms with Crippen LogP contribution in [0.25, 0.3) is 0 Å². The number of anilines is 1. The topological polar surface area (TPSA) is 37.0 Å². The molecule has 0 aliphatic carbocycles. The molecule has 1 aromatic rings. The summed E-state index contributed by atoms with van der Waals surface area (Å²) < 4.78 is 1.02. The molecule has 0 fully saturated rings. The number of aromatic nitrogens is 1. The molecule has 0 bridgehead atoms. The Morgan fingerprint density at radius 2 is 2.29 bits per heavy atom. The number of nitrogens with zero attached hydrogens (tertiary/aromatic N) is 1. The van der Waals surface area contributed by atoms with Crippen LogP contribution in [0.3, 0.4) is 0 Å². The molecule has 0 amide bonds. The first-order valence-electron chi connectivity index (χ1n) is 4.66. The SMILES string of the molecule is CNC(C)CNc1ncc(Br)cc1C. The van der Waals surface area contributed by atoms with E-state index in [1.807, 2.05) is 14.0 Å². The third-order valence-corrected chi connectivity index (χ3v) is 2.55. The van der Waals surface area contributed by atoms with Gasteiger partial charge >= 0.3 is 0 Å². The molecule has 0 spiro atoms. The van der Waals surface area contributed by atoms with Crippen molar-refractivity contribution in [1.82, 2.24) is 10.3 Å². The summed E-state index contributed by atoms with van der Waals surface area (Å²) in [6, 6.07) is 2.50. The number of hydrogen-bond acceptors (Lipinski definition) is 3. The largest absolute Gasteiger partial charge is 0.368 e. The van der Waals surface area contributed by atoms with E-state index in [1.54, 1.807) is 6.20 Å². The highest BCUT2D eigenvalue weighted by atomic mass is 79.9. The lowest BCUT2D eigenvalue weighted by Gasteiger charge is -2.13. The lowest BCUT2D eigenvalue weighted by molar-refractivity contribution is 0.637. The Labute approximate surface area is 93.4 Å². The van der Waals surface area contributed by atoms with Crippen molar-refractivity contribution >= 4 is 21.7 Å². The number of hydrogen-bond donors (Lipinski definition) is 2. The first-order valence-corrected chi connectivity index (χ1v) is 5.46. The molecule has 14 heavy (non-hydrogen) atoms. The van der Waals surface area contributed by atoms with Gasteiger partial charge in [0.1, 0.15) is 5.82 Å². The molecule has 3 nitrogen and oxygen atoms in total. The van der Waals surface area contributed by atoms with Gasteiger partial charge in [0.25, 0.3) is 0 Å². The molecule has 1 unspecified atom stereocenters. The van der Waals surface area contributed by atoms with Crippen LogP contribution in [0.15, 0.2) is 16.7 Å². The third kappa shape index (κ3) is 3.27. The van der Waals surface area contributed by atoms with Crippen molar-refractivity contribution in [3.8, 4) is 0 Å². The molecule has 4 heteroatoms. The first-order chi connectivity index (χ1) is 6.63. The van der Waals surface area contributed by atoms with Crippen molar-refractivity contribution in [3.63, 3.8) is 0 Å². The number of halogens is 1. The van der Waals surface area contributed by atoms with Crippen molar-refractivity contribution in [3.05, 3.63) is 22.3 Å². The van der Waals surface area contributed by atoms with Crippen LogP contribution < -0.4 is 10.6 Å². The average molecular weight is 258 g/mol. The summed E-state index contributed by atoms with van der Waals surface area (Å²) >= 11 is 3.39. The van der Waals surface area contributed by atoms with Gasteiger partial charge in [-0.15, -0.1) is 0 Å². The predicted octanol–water partition coefficient (Wildman–Crippen LogP) is 2.17. The van der Waals surface area contributed by atoms with Crippen molar-refractivity contribution in [2.45, 2.75) is 19.9 Å². The second-order valence-electron chi connectivity index (χ2n) is 3.39. The van der Waals surface area contributed by atoms with Crippen LogP contribution >= 0.6 is 15.9 Å². The highest BCUT2D eigenvalue weighted by molar-refractivity contribution is 9.10. The highest BCUT2D eigenvalue weighted by Crippen LogP contribution is 2.16. The van der Waals surface area contributed by atoms with Crippen LogP contribution in [0.4, 0.5) is 5.82 Å². The Morgan fingerprint density at radius 1 is 1.57 bits per heavy atom. The summed E-state index contributed by atoms with van der Waals surface area (Å²) in [5, 5.41) is 6.46. The Balaban J connectivity index is 2.59. The Hall–Kier alpha value is -0.610. The number of aryl methyl sites for hydroxylation is 1. The second-order valence-corrected chi connectivity index (χ2v) is 4.31. The highest BCUT2D eigenvalue weighted by Gasteiger charge is 2.02. The molecule has 0 aliphatic heterocycles. The number of rotatable bonds is 4. The van der Waals surface area contributed by atoms with Crippen molar-refractivity contribution in [2.24, 2.45) is 0 Å². The van der Waals surface area contributed by atoms with Crippen LogP contribution in [0.1, 0.15) is 12.5 Å². The lowest BCUT2D eigenvalue weighted by Crippen LogP contribution is -2.29. The summed E-state index contributed by atoms with van der Waals surface area (Å²) in [5.74, 6) is 0.954. The molecule has 0 saturated carbocycles. The molecule has 1 rings (SSSR count). The third-order valence-electron chi connectivity index (χ3n) is 2.11. The average Bonchev–Trinajstić information content (AvgIpc) is 2.16. The zero-order chi connectivity index (χ0) is 10.6. The van der Waals surface area contributed by atoms with Crippen molar-refractivity contribution in [2.75, 3.05) is 18.9 Å². The molecule has 0 aliphatic rings. The summed E-state index contributed by atoms with van der Waals surface area (Å²) in [7, 11) is 1.95. The summed E-state index contributed by atoms with van der Waals surface area (Å²) in [4.78, 5) is 4.30. The summed E-state index contributed by atoms with van der Waals surface area (Å²) in [5.41, 5.74) is 1.16. The molecular weight excluding hydrogens is 242 g/mol. The predicted molar refractivity (Wildman–Crippen MR) is 63.7 cm³/mol. The molecule has 78 valence electrons.